The van der Waals surface area contributed by atoms with Crippen LogP contribution < -0.4 is 5.73 Å². The van der Waals surface area contributed by atoms with Gasteiger partial charge in [-0.2, -0.15) is 0 Å². The lowest BCUT2D eigenvalue weighted by Gasteiger charge is -1.92. The predicted octanol–water partition coefficient (Wildman–Crippen LogP) is 0.676. The van der Waals surface area contributed by atoms with Gasteiger partial charge in [-0.05, 0) is 6.07 Å². The summed E-state index contributed by atoms with van der Waals surface area (Å²) < 4.78 is 4.49. The van der Waals surface area contributed by atoms with E-state index in [0.29, 0.717) is 10.4 Å². The van der Waals surface area contributed by atoms with E-state index in [0.717, 1.165) is 0 Å². The molecule has 4 nitrogen and oxygen atoms in total. The van der Waals surface area contributed by atoms with Gasteiger partial charge in [0.25, 0.3) is 0 Å². The molecule has 1 heterocycles. The number of carbonyl (C=O) groups excluding carboxylic acids is 2. The summed E-state index contributed by atoms with van der Waals surface area (Å²) in [4.78, 5) is 22.5. The average molecular weight is 199 g/mol. The summed E-state index contributed by atoms with van der Waals surface area (Å²) in [6, 6.07) is 1.49. The van der Waals surface area contributed by atoms with Crippen LogP contribution in [0.4, 0.5) is 0 Å². The molecule has 13 heavy (non-hydrogen) atoms. The van der Waals surface area contributed by atoms with E-state index >= 15 is 0 Å². The Balaban J connectivity index is 2.86. The van der Waals surface area contributed by atoms with Crippen LogP contribution in [0, 0.1) is 0 Å². The largest absolute Gasteiger partial charge is 0.465 e. The van der Waals surface area contributed by atoms with Crippen LogP contribution in [0.5, 0.6) is 0 Å². The summed E-state index contributed by atoms with van der Waals surface area (Å²) >= 11 is 1.20. The lowest BCUT2D eigenvalue weighted by Crippen LogP contribution is -2.12. The predicted molar refractivity (Wildman–Crippen MR) is 49.0 cm³/mol. The quantitative estimate of drug-likeness (QED) is 0.574. The number of esters is 1. The molecule has 0 saturated carbocycles. The van der Waals surface area contributed by atoms with Gasteiger partial charge in [-0.15, -0.1) is 11.3 Å². The summed E-state index contributed by atoms with van der Waals surface area (Å²) in [5.74, 6) is -0.604. The Bertz CT molecular complexity index is 301. The second kappa shape index (κ2) is 4.15. The fraction of sp³-hybridized carbons (Fsp3) is 0.250. The van der Waals surface area contributed by atoms with Gasteiger partial charge in [-0.25, -0.2) is 4.79 Å². The van der Waals surface area contributed by atoms with E-state index in [1.807, 2.05) is 0 Å². The summed E-state index contributed by atoms with van der Waals surface area (Å²) in [7, 11) is 1.30. The standard InChI is InChI=1S/C8H9NO3S/c1-12-8(11)5-2-7(13-4-5)6(10)3-9/h2,4H,3,9H2,1H3. The third kappa shape index (κ3) is 2.13. The molecule has 0 aliphatic rings. The van der Waals surface area contributed by atoms with Crippen molar-refractivity contribution in [2.75, 3.05) is 13.7 Å². The minimum absolute atomic E-state index is 0.0405. The van der Waals surface area contributed by atoms with E-state index in [9.17, 15) is 9.59 Å². The molecule has 5 heteroatoms. The van der Waals surface area contributed by atoms with Crippen molar-refractivity contribution in [3.63, 3.8) is 0 Å². The molecule has 1 rings (SSSR count). The Kier molecular flexibility index (Phi) is 3.16. The molecular weight excluding hydrogens is 190 g/mol. The van der Waals surface area contributed by atoms with E-state index < -0.39 is 5.97 Å². The van der Waals surface area contributed by atoms with E-state index in [1.54, 1.807) is 5.38 Å². The minimum atomic E-state index is -0.438. The van der Waals surface area contributed by atoms with Crippen LogP contribution in [0.2, 0.25) is 0 Å². The highest BCUT2D eigenvalue weighted by Gasteiger charge is 2.11. The molecule has 0 atom stereocenters. The fourth-order valence-electron chi connectivity index (χ4n) is 0.808. The average Bonchev–Trinajstić information content (AvgIpc) is 2.64. The zero-order valence-electron chi connectivity index (χ0n) is 7.07. The molecule has 0 radical (unpaired) electrons. The summed E-state index contributed by atoms with van der Waals surface area (Å²) in [6.07, 6.45) is 0. The summed E-state index contributed by atoms with van der Waals surface area (Å²) in [5.41, 5.74) is 5.56. The maximum atomic E-state index is 11.1. The monoisotopic (exact) mass is 199 g/mol. The van der Waals surface area contributed by atoms with Gasteiger partial charge in [0.1, 0.15) is 0 Å². The number of nitrogens with two attached hydrogens (primary N) is 1. The molecular formula is C8H9NO3S. The molecule has 0 aliphatic heterocycles. The van der Waals surface area contributed by atoms with Crippen molar-refractivity contribution in [2.45, 2.75) is 0 Å². The highest BCUT2D eigenvalue weighted by molar-refractivity contribution is 7.12. The number of methoxy groups -OCH3 is 1. The topological polar surface area (TPSA) is 69.4 Å². The van der Waals surface area contributed by atoms with Crippen LogP contribution in [0.1, 0.15) is 20.0 Å². The van der Waals surface area contributed by atoms with Gasteiger partial charge in [0.15, 0.2) is 5.78 Å². The number of ketones is 1. The molecule has 0 bridgehead atoms. The van der Waals surface area contributed by atoms with Crippen molar-refractivity contribution in [3.05, 3.63) is 21.9 Å². The first-order valence-corrected chi connectivity index (χ1v) is 4.47. The lowest BCUT2D eigenvalue weighted by atomic mass is 10.2. The molecule has 0 saturated heterocycles. The molecule has 1 aromatic rings. The number of Topliss-reactive ketones (excluding diaryl/α,β-unsaturated/α-hetero) is 1. The van der Waals surface area contributed by atoms with Crippen LogP contribution in [0.15, 0.2) is 11.4 Å². The second-order valence-electron chi connectivity index (χ2n) is 2.32. The highest BCUT2D eigenvalue weighted by atomic mass is 32.1. The van der Waals surface area contributed by atoms with Gasteiger partial charge in [-0.1, -0.05) is 0 Å². The Morgan fingerprint density at radius 1 is 1.62 bits per heavy atom. The molecule has 0 aromatic carbocycles. The van der Waals surface area contributed by atoms with Gasteiger partial charge in [-0.3, -0.25) is 4.79 Å². The number of ether oxygens (including phenoxy) is 1. The number of thiophene rings is 1. The van der Waals surface area contributed by atoms with Crippen LogP contribution in [0.25, 0.3) is 0 Å². The Labute approximate surface area is 79.3 Å². The summed E-state index contributed by atoms with van der Waals surface area (Å²) in [5, 5.41) is 1.58. The highest BCUT2D eigenvalue weighted by Crippen LogP contribution is 2.15. The number of carbonyl (C=O) groups is 2. The molecule has 2 N–H and O–H groups in total. The smallest absolute Gasteiger partial charge is 0.338 e. The third-order valence-electron chi connectivity index (χ3n) is 1.48. The lowest BCUT2D eigenvalue weighted by molar-refractivity contribution is 0.0601. The van der Waals surface area contributed by atoms with Gasteiger partial charge in [0, 0.05) is 5.38 Å². The third-order valence-corrected chi connectivity index (χ3v) is 2.45. The molecule has 0 unspecified atom stereocenters. The number of rotatable bonds is 3. The summed E-state index contributed by atoms with van der Waals surface area (Å²) in [6.45, 7) is -0.0405. The van der Waals surface area contributed by atoms with Crippen molar-refractivity contribution in [1.82, 2.24) is 0 Å². The maximum absolute atomic E-state index is 11.1. The van der Waals surface area contributed by atoms with E-state index in [1.165, 1.54) is 24.5 Å². The van der Waals surface area contributed by atoms with Gasteiger partial charge < -0.3 is 10.5 Å². The zero-order chi connectivity index (χ0) is 9.84. The van der Waals surface area contributed by atoms with Crippen LogP contribution in [-0.4, -0.2) is 25.4 Å². The SMILES string of the molecule is COC(=O)c1csc(C(=O)CN)c1. The Morgan fingerprint density at radius 3 is 2.85 bits per heavy atom. The van der Waals surface area contributed by atoms with Crippen LogP contribution in [0.3, 0.4) is 0 Å². The van der Waals surface area contributed by atoms with E-state index in [-0.39, 0.29) is 12.3 Å². The van der Waals surface area contributed by atoms with Crippen molar-refractivity contribution in [1.29, 1.82) is 0 Å². The molecule has 0 fully saturated rings. The normalized spacial score (nSPS) is 9.69. The molecule has 1 aromatic heterocycles. The number of hydrogen-bond donors (Lipinski definition) is 1. The molecule has 0 spiro atoms. The van der Waals surface area contributed by atoms with E-state index in [4.69, 9.17) is 5.73 Å². The Morgan fingerprint density at radius 2 is 2.31 bits per heavy atom. The van der Waals surface area contributed by atoms with Gasteiger partial charge >= 0.3 is 5.97 Å². The fourth-order valence-corrected chi connectivity index (χ4v) is 1.64. The van der Waals surface area contributed by atoms with Gasteiger partial charge in [0.2, 0.25) is 0 Å². The van der Waals surface area contributed by atoms with Crippen molar-refractivity contribution >= 4 is 23.1 Å². The first kappa shape index (κ1) is 9.88. The van der Waals surface area contributed by atoms with Gasteiger partial charge in [0.05, 0.1) is 24.1 Å². The zero-order valence-corrected chi connectivity index (χ0v) is 7.89. The second-order valence-corrected chi connectivity index (χ2v) is 3.23. The Hall–Kier alpha value is -1.20. The first-order chi connectivity index (χ1) is 6.19. The minimum Gasteiger partial charge on any atom is -0.465 e. The molecule has 0 aliphatic carbocycles. The maximum Gasteiger partial charge on any atom is 0.338 e. The van der Waals surface area contributed by atoms with E-state index in [2.05, 4.69) is 4.74 Å². The van der Waals surface area contributed by atoms with Crippen LogP contribution >= 0.6 is 11.3 Å². The molecule has 70 valence electrons. The van der Waals surface area contributed by atoms with Crippen molar-refractivity contribution < 1.29 is 14.3 Å². The van der Waals surface area contributed by atoms with Crippen molar-refractivity contribution in [2.24, 2.45) is 5.73 Å². The van der Waals surface area contributed by atoms with Crippen LogP contribution in [-0.2, 0) is 4.74 Å². The molecule has 0 amide bonds. The number of hydrogen-bond acceptors (Lipinski definition) is 5. The first-order valence-electron chi connectivity index (χ1n) is 3.59. The van der Waals surface area contributed by atoms with Crippen molar-refractivity contribution in [3.8, 4) is 0 Å².